The molecule has 0 aliphatic rings. The molecule has 0 amide bonds. The molecule has 0 unspecified atom stereocenters. The second kappa shape index (κ2) is 5.95. The van der Waals surface area contributed by atoms with Crippen LogP contribution in [0.1, 0.15) is 15.9 Å². The van der Waals surface area contributed by atoms with E-state index < -0.39 is 0 Å². The molecule has 0 spiro atoms. The van der Waals surface area contributed by atoms with Gasteiger partial charge >= 0.3 is 0 Å². The summed E-state index contributed by atoms with van der Waals surface area (Å²) in [5.41, 5.74) is 0.975. The Labute approximate surface area is 129 Å². The summed E-state index contributed by atoms with van der Waals surface area (Å²) in [4.78, 5) is 12.4. The Balaban J connectivity index is 2.44. The van der Waals surface area contributed by atoms with Crippen LogP contribution in [-0.2, 0) is 0 Å². The molecule has 5 heteroatoms. The van der Waals surface area contributed by atoms with Gasteiger partial charge in [-0.25, -0.2) is 0 Å². The highest BCUT2D eigenvalue weighted by molar-refractivity contribution is 9.10. The fraction of sp³-hybridized carbons (Fsp3) is 0.0714. The van der Waals surface area contributed by atoms with Crippen LogP contribution < -0.4 is 4.74 Å². The fourth-order valence-electron chi connectivity index (χ4n) is 1.63. The Morgan fingerprint density at radius 3 is 2.53 bits per heavy atom. The first-order chi connectivity index (χ1) is 9.02. The van der Waals surface area contributed by atoms with Gasteiger partial charge in [0.2, 0.25) is 0 Å². The summed E-state index contributed by atoms with van der Waals surface area (Å²) in [5, 5.41) is 0.901. The number of methoxy groups -OCH3 is 1. The summed E-state index contributed by atoms with van der Waals surface area (Å²) < 4.78 is 5.74. The van der Waals surface area contributed by atoms with Crippen molar-refractivity contribution in [1.82, 2.24) is 0 Å². The van der Waals surface area contributed by atoms with Crippen molar-refractivity contribution in [2.24, 2.45) is 0 Å². The minimum Gasteiger partial charge on any atom is -0.495 e. The number of ketones is 1. The maximum Gasteiger partial charge on any atom is 0.194 e. The highest BCUT2D eigenvalue weighted by Crippen LogP contribution is 2.28. The summed E-state index contributed by atoms with van der Waals surface area (Å²) in [7, 11) is 1.52. The monoisotopic (exact) mass is 358 g/mol. The van der Waals surface area contributed by atoms with Gasteiger partial charge in [0.15, 0.2) is 5.78 Å². The van der Waals surface area contributed by atoms with E-state index >= 15 is 0 Å². The number of halogens is 3. The van der Waals surface area contributed by atoms with Crippen molar-refractivity contribution in [3.05, 3.63) is 62.0 Å². The van der Waals surface area contributed by atoms with E-state index in [0.717, 1.165) is 0 Å². The Morgan fingerprint density at radius 2 is 1.89 bits per heavy atom. The zero-order valence-electron chi connectivity index (χ0n) is 9.91. The molecule has 0 aliphatic carbocycles. The molecule has 0 bridgehead atoms. The number of benzene rings is 2. The normalized spacial score (nSPS) is 10.3. The minimum atomic E-state index is -0.154. The molecule has 0 N–H and O–H groups in total. The first-order valence-corrected chi connectivity index (χ1v) is 6.91. The summed E-state index contributed by atoms with van der Waals surface area (Å²) in [6, 6.07) is 9.97. The van der Waals surface area contributed by atoms with E-state index in [2.05, 4.69) is 15.9 Å². The van der Waals surface area contributed by atoms with Crippen molar-refractivity contribution in [1.29, 1.82) is 0 Å². The Bertz CT molecular complexity index is 641. The van der Waals surface area contributed by atoms with Gasteiger partial charge < -0.3 is 4.74 Å². The lowest BCUT2D eigenvalue weighted by atomic mass is 10.0. The van der Waals surface area contributed by atoms with Crippen molar-refractivity contribution in [2.75, 3.05) is 7.11 Å². The third-order valence-electron chi connectivity index (χ3n) is 2.59. The average Bonchev–Trinajstić information content (AvgIpc) is 2.40. The van der Waals surface area contributed by atoms with Crippen LogP contribution in [0.3, 0.4) is 0 Å². The van der Waals surface area contributed by atoms with Crippen LogP contribution in [0.15, 0.2) is 40.9 Å². The van der Waals surface area contributed by atoms with E-state index in [-0.39, 0.29) is 5.78 Å². The van der Waals surface area contributed by atoms with Gasteiger partial charge in [-0.2, -0.15) is 0 Å². The molecule has 2 aromatic carbocycles. The number of hydrogen-bond donors (Lipinski definition) is 0. The van der Waals surface area contributed by atoms with Gasteiger partial charge in [-0.15, -0.1) is 0 Å². The van der Waals surface area contributed by atoms with Gasteiger partial charge in [0.1, 0.15) is 5.75 Å². The molecular formula is C14H9BrCl2O2. The molecule has 2 nitrogen and oxygen atoms in total. The molecule has 0 atom stereocenters. The lowest BCUT2D eigenvalue weighted by Crippen LogP contribution is -2.02. The third kappa shape index (κ3) is 3.11. The van der Waals surface area contributed by atoms with Crippen molar-refractivity contribution < 1.29 is 9.53 Å². The summed E-state index contributed by atoms with van der Waals surface area (Å²) in [6.45, 7) is 0. The SMILES string of the molecule is COc1ccc(C(=O)c2cc(Cl)ccc2Br)cc1Cl. The highest BCUT2D eigenvalue weighted by atomic mass is 79.9. The number of hydrogen-bond acceptors (Lipinski definition) is 2. The van der Waals surface area contributed by atoms with E-state index in [0.29, 0.717) is 31.4 Å². The molecule has 0 fully saturated rings. The van der Waals surface area contributed by atoms with Crippen LogP contribution in [0.5, 0.6) is 5.75 Å². The lowest BCUT2D eigenvalue weighted by Gasteiger charge is -2.07. The first-order valence-electron chi connectivity index (χ1n) is 5.36. The van der Waals surface area contributed by atoms with Crippen LogP contribution in [0.2, 0.25) is 10.0 Å². The molecule has 0 saturated heterocycles. The molecule has 0 aliphatic heterocycles. The lowest BCUT2D eigenvalue weighted by molar-refractivity contribution is 0.103. The van der Waals surface area contributed by atoms with Crippen molar-refractivity contribution in [3.63, 3.8) is 0 Å². The van der Waals surface area contributed by atoms with E-state index in [1.807, 2.05) is 0 Å². The first kappa shape index (κ1) is 14.4. The van der Waals surface area contributed by atoms with Gasteiger partial charge in [0, 0.05) is 20.6 Å². The molecule has 2 rings (SSSR count). The third-order valence-corrected chi connectivity index (χ3v) is 3.81. The smallest absolute Gasteiger partial charge is 0.194 e. The number of ether oxygens (including phenoxy) is 1. The minimum absolute atomic E-state index is 0.154. The zero-order valence-corrected chi connectivity index (χ0v) is 13.0. The van der Waals surface area contributed by atoms with Crippen LogP contribution in [-0.4, -0.2) is 12.9 Å². The molecule has 0 radical (unpaired) electrons. The largest absolute Gasteiger partial charge is 0.495 e. The number of carbonyl (C=O) groups is 1. The topological polar surface area (TPSA) is 26.3 Å². The van der Waals surface area contributed by atoms with E-state index in [1.54, 1.807) is 36.4 Å². The van der Waals surface area contributed by atoms with E-state index in [1.165, 1.54) is 7.11 Å². The maximum atomic E-state index is 12.4. The molecule has 2 aromatic rings. The molecular weight excluding hydrogens is 351 g/mol. The average molecular weight is 360 g/mol. The summed E-state index contributed by atoms with van der Waals surface area (Å²) in [6.07, 6.45) is 0. The molecule has 98 valence electrons. The van der Waals surface area contributed by atoms with Gasteiger partial charge in [-0.05, 0) is 36.4 Å². The van der Waals surface area contributed by atoms with Crippen molar-refractivity contribution >= 4 is 44.9 Å². The Morgan fingerprint density at radius 1 is 1.16 bits per heavy atom. The Kier molecular flexibility index (Phi) is 4.50. The molecule has 0 heterocycles. The number of carbonyl (C=O) groups excluding carboxylic acids is 1. The molecule has 0 saturated carbocycles. The summed E-state index contributed by atoms with van der Waals surface area (Å²) in [5.74, 6) is 0.377. The van der Waals surface area contributed by atoms with Crippen LogP contribution in [0, 0.1) is 0 Å². The fourth-order valence-corrected chi connectivity index (χ4v) is 2.49. The molecule has 0 aromatic heterocycles. The predicted octanol–water partition coefficient (Wildman–Crippen LogP) is 5.00. The standard InChI is InChI=1S/C14H9BrCl2O2/c1-19-13-5-2-8(6-12(13)17)14(18)10-7-9(16)3-4-11(10)15/h2-7H,1H3. The Hall–Kier alpha value is -1.03. The molecule has 19 heavy (non-hydrogen) atoms. The van der Waals surface area contributed by atoms with Crippen molar-refractivity contribution in [2.45, 2.75) is 0 Å². The van der Waals surface area contributed by atoms with Crippen LogP contribution >= 0.6 is 39.1 Å². The summed E-state index contributed by atoms with van der Waals surface area (Å²) >= 11 is 15.3. The zero-order chi connectivity index (χ0) is 14.0. The van der Waals surface area contributed by atoms with Gasteiger partial charge in [-0.3, -0.25) is 4.79 Å². The quantitative estimate of drug-likeness (QED) is 0.721. The van der Waals surface area contributed by atoms with E-state index in [9.17, 15) is 4.79 Å². The van der Waals surface area contributed by atoms with Gasteiger partial charge in [0.05, 0.1) is 12.1 Å². The van der Waals surface area contributed by atoms with Gasteiger partial charge in [-0.1, -0.05) is 39.1 Å². The van der Waals surface area contributed by atoms with Gasteiger partial charge in [0.25, 0.3) is 0 Å². The number of rotatable bonds is 3. The predicted molar refractivity (Wildman–Crippen MR) is 80.6 cm³/mol. The maximum absolute atomic E-state index is 12.4. The van der Waals surface area contributed by atoms with Crippen LogP contribution in [0.25, 0.3) is 0 Å². The second-order valence-corrected chi connectivity index (χ2v) is 5.50. The van der Waals surface area contributed by atoms with Crippen LogP contribution in [0.4, 0.5) is 0 Å². The van der Waals surface area contributed by atoms with Crippen molar-refractivity contribution in [3.8, 4) is 5.75 Å². The second-order valence-electron chi connectivity index (χ2n) is 3.80. The highest BCUT2D eigenvalue weighted by Gasteiger charge is 2.14. The van der Waals surface area contributed by atoms with E-state index in [4.69, 9.17) is 27.9 Å².